The Morgan fingerprint density at radius 3 is 2.94 bits per heavy atom. The first kappa shape index (κ1) is 11.3. The highest BCUT2D eigenvalue weighted by Gasteiger charge is 2.07. The van der Waals surface area contributed by atoms with E-state index in [4.69, 9.17) is 5.21 Å². The number of hydrogen-bond acceptors (Lipinski definition) is 4. The third kappa shape index (κ3) is 2.48. The highest BCUT2D eigenvalue weighted by Crippen LogP contribution is 2.06. The highest BCUT2D eigenvalue weighted by molar-refractivity contribution is 5.75. The molecule has 1 heterocycles. The Bertz CT molecular complexity index is 606. The van der Waals surface area contributed by atoms with Gasteiger partial charge in [-0.25, -0.2) is 10.5 Å². The topological polar surface area (TPSA) is 95.1 Å². The van der Waals surface area contributed by atoms with Crippen LogP contribution in [0.2, 0.25) is 0 Å². The minimum atomic E-state index is -0.542. The number of carbonyl (C=O) groups is 1. The number of fused-ring (bicyclic) bond motifs is 1. The van der Waals surface area contributed by atoms with Crippen molar-refractivity contribution in [3.8, 4) is 0 Å². The molecule has 0 bridgehead atoms. The number of nitrogens with one attached hydrogen (secondary N) is 2. The number of aromatic nitrogens is 2. The smallest absolute Gasteiger partial charge is 0.270 e. The van der Waals surface area contributed by atoms with E-state index in [2.05, 4.69) is 9.97 Å². The zero-order valence-corrected chi connectivity index (χ0v) is 8.93. The van der Waals surface area contributed by atoms with E-state index in [1.54, 1.807) is 18.2 Å². The number of carbonyl (C=O) groups excluding carboxylic acids is 1. The van der Waals surface area contributed by atoms with Crippen LogP contribution in [0.25, 0.3) is 11.0 Å². The van der Waals surface area contributed by atoms with Gasteiger partial charge in [-0.2, -0.15) is 0 Å². The van der Waals surface area contributed by atoms with Crippen LogP contribution in [0.5, 0.6) is 0 Å². The summed E-state index contributed by atoms with van der Waals surface area (Å²) < 4.78 is 0. The number of para-hydroxylation sites is 2. The zero-order valence-electron chi connectivity index (χ0n) is 8.93. The van der Waals surface area contributed by atoms with Gasteiger partial charge in [-0.3, -0.25) is 14.8 Å². The molecule has 1 amide bonds. The molecule has 0 spiro atoms. The molecule has 0 atom stereocenters. The lowest BCUT2D eigenvalue weighted by atomic mass is 10.2. The molecule has 88 valence electrons. The molecule has 2 rings (SSSR count). The van der Waals surface area contributed by atoms with E-state index in [1.807, 2.05) is 6.07 Å². The lowest BCUT2D eigenvalue weighted by molar-refractivity contribution is -0.129. The van der Waals surface area contributed by atoms with Crippen molar-refractivity contribution >= 4 is 16.9 Å². The summed E-state index contributed by atoms with van der Waals surface area (Å²) in [6.45, 7) is 0. The van der Waals surface area contributed by atoms with E-state index >= 15 is 0 Å². The van der Waals surface area contributed by atoms with Crippen LogP contribution >= 0.6 is 0 Å². The van der Waals surface area contributed by atoms with Gasteiger partial charge >= 0.3 is 0 Å². The first-order chi connectivity index (χ1) is 8.20. The number of hydrogen-bond donors (Lipinski definition) is 3. The van der Waals surface area contributed by atoms with Gasteiger partial charge in [0, 0.05) is 12.8 Å². The average molecular weight is 233 g/mol. The van der Waals surface area contributed by atoms with Gasteiger partial charge in [0.25, 0.3) is 5.56 Å². The number of benzene rings is 1. The molecule has 17 heavy (non-hydrogen) atoms. The maximum absolute atomic E-state index is 11.6. The van der Waals surface area contributed by atoms with E-state index in [-0.39, 0.29) is 24.1 Å². The number of amides is 1. The summed E-state index contributed by atoms with van der Waals surface area (Å²) in [5, 5.41) is 8.35. The highest BCUT2D eigenvalue weighted by atomic mass is 16.5. The molecule has 1 aromatic heterocycles. The Morgan fingerprint density at radius 1 is 1.41 bits per heavy atom. The Balaban J connectivity index is 2.31. The van der Waals surface area contributed by atoms with E-state index in [0.717, 1.165) is 0 Å². The second kappa shape index (κ2) is 4.75. The van der Waals surface area contributed by atoms with Crippen molar-refractivity contribution < 1.29 is 10.0 Å². The molecule has 6 nitrogen and oxygen atoms in total. The Morgan fingerprint density at radius 2 is 2.18 bits per heavy atom. The quantitative estimate of drug-likeness (QED) is 0.527. The van der Waals surface area contributed by atoms with Crippen molar-refractivity contribution in [1.29, 1.82) is 0 Å². The molecule has 1 aromatic carbocycles. The van der Waals surface area contributed by atoms with Crippen LogP contribution in [0.3, 0.4) is 0 Å². The second-order valence-electron chi connectivity index (χ2n) is 3.56. The minimum absolute atomic E-state index is 0.0188. The molecule has 0 aliphatic rings. The predicted octanol–water partition coefficient (Wildman–Crippen LogP) is 0.361. The van der Waals surface area contributed by atoms with Crippen LogP contribution in [0.1, 0.15) is 12.1 Å². The lowest BCUT2D eigenvalue weighted by Crippen LogP contribution is -2.22. The molecular weight excluding hydrogens is 222 g/mol. The van der Waals surface area contributed by atoms with Crippen LogP contribution in [-0.2, 0) is 11.2 Å². The van der Waals surface area contributed by atoms with Crippen molar-refractivity contribution in [1.82, 2.24) is 15.4 Å². The van der Waals surface area contributed by atoms with Gasteiger partial charge in [-0.15, -0.1) is 0 Å². The first-order valence-corrected chi connectivity index (χ1v) is 5.11. The lowest BCUT2D eigenvalue weighted by Gasteiger charge is -2.01. The normalized spacial score (nSPS) is 10.4. The summed E-state index contributed by atoms with van der Waals surface area (Å²) in [6.07, 6.45) is 0.206. The first-order valence-electron chi connectivity index (χ1n) is 5.11. The summed E-state index contributed by atoms with van der Waals surface area (Å²) in [5.74, 6) is -0.542. The zero-order chi connectivity index (χ0) is 12.3. The molecule has 0 radical (unpaired) electrons. The molecule has 2 aromatic rings. The van der Waals surface area contributed by atoms with Gasteiger partial charge in [0.15, 0.2) is 0 Å². The second-order valence-corrected chi connectivity index (χ2v) is 3.56. The van der Waals surface area contributed by atoms with E-state index < -0.39 is 5.91 Å². The third-order valence-corrected chi connectivity index (χ3v) is 2.38. The maximum atomic E-state index is 11.6. The fourth-order valence-corrected chi connectivity index (χ4v) is 1.52. The monoisotopic (exact) mass is 233 g/mol. The molecule has 0 saturated carbocycles. The molecule has 0 aliphatic carbocycles. The molecule has 0 fully saturated rings. The predicted molar refractivity (Wildman–Crippen MR) is 60.6 cm³/mol. The van der Waals surface area contributed by atoms with Gasteiger partial charge in [0.1, 0.15) is 5.69 Å². The molecule has 0 aliphatic heterocycles. The molecule has 0 unspecified atom stereocenters. The fourth-order valence-electron chi connectivity index (χ4n) is 1.52. The summed E-state index contributed by atoms with van der Waals surface area (Å²) in [4.78, 5) is 29.3. The van der Waals surface area contributed by atoms with Crippen molar-refractivity contribution in [2.24, 2.45) is 0 Å². The molecule has 3 N–H and O–H groups in total. The van der Waals surface area contributed by atoms with Crippen molar-refractivity contribution in [2.45, 2.75) is 12.8 Å². The Hall–Kier alpha value is -2.21. The SMILES string of the molecule is O=C(CCc1nc2ccccc2[nH]c1=O)NO. The number of rotatable bonds is 3. The maximum Gasteiger partial charge on any atom is 0.270 e. The number of aromatic amines is 1. The van der Waals surface area contributed by atoms with Crippen molar-refractivity contribution in [3.05, 3.63) is 40.3 Å². The summed E-state index contributed by atoms with van der Waals surface area (Å²) >= 11 is 0. The summed E-state index contributed by atoms with van der Waals surface area (Å²) in [7, 11) is 0. The summed E-state index contributed by atoms with van der Waals surface area (Å²) in [6, 6.07) is 7.16. The van der Waals surface area contributed by atoms with Gasteiger partial charge in [-0.1, -0.05) is 12.1 Å². The van der Waals surface area contributed by atoms with Crippen LogP contribution in [0.4, 0.5) is 0 Å². The number of aryl methyl sites for hydroxylation is 1. The van der Waals surface area contributed by atoms with Crippen LogP contribution in [0.15, 0.2) is 29.1 Å². The number of H-pyrrole nitrogens is 1. The Kier molecular flexibility index (Phi) is 3.15. The van der Waals surface area contributed by atoms with Crippen molar-refractivity contribution in [3.63, 3.8) is 0 Å². The van der Waals surface area contributed by atoms with E-state index in [0.29, 0.717) is 11.0 Å². The van der Waals surface area contributed by atoms with Crippen LogP contribution in [-0.4, -0.2) is 21.1 Å². The van der Waals surface area contributed by atoms with Crippen molar-refractivity contribution in [2.75, 3.05) is 0 Å². The van der Waals surface area contributed by atoms with Crippen LogP contribution < -0.4 is 11.0 Å². The average Bonchev–Trinajstić information content (AvgIpc) is 2.35. The van der Waals surface area contributed by atoms with Gasteiger partial charge in [0.05, 0.1) is 11.0 Å². The molecule has 6 heteroatoms. The number of nitrogens with zero attached hydrogens (tertiary/aromatic N) is 1. The summed E-state index contributed by atoms with van der Waals surface area (Å²) in [5.41, 5.74) is 2.82. The largest absolute Gasteiger partial charge is 0.319 e. The minimum Gasteiger partial charge on any atom is -0.319 e. The number of hydroxylamine groups is 1. The van der Waals surface area contributed by atoms with Crippen LogP contribution in [0, 0.1) is 0 Å². The van der Waals surface area contributed by atoms with Gasteiger partial charge in [0.2, 0.25) is 5.91 Å². The van der Waals surface area contributed by atoms with Gasteiger partial charge in [-0.05, 0) is 12.1 Å². The standard InChI is InChI=1S/C11H11N3O3/c15-10(14-17)6-5-9-11(16)13-8-4-2-1-3-7(8)12-9/h1-4,17H,5-6H2,(H,13,16)(H,14,15). The van der Waals surface area contributed by atoms with E-state index in [9.17, 15) is 9.59 Å². The van der Waals surface area contributed by atoms with Gasteiger partial charge < -0.3 is 4.98 Å². The molecular formula is C11H11N3O3. The Labute approximate surface area is 96.3 Å². The molecule has 0 saturated heterocycles. The fraction of sp³-hybridized carbons (Fsp3) is 0.182. The van der Waals surface area contributed by atoms with E-state index in [1.165, 1.54) is 5.48 Å². The third-order valence-electron chi connectivity index (χ3n) is 2.38.